The Kier molecular flexibility index (Phi) is 4.41. The molecule has 1 heterocycles. The van der Waals surface area contributed by atoms with E-state index in [2.05, 4.69) is 58.4 Å². The lowest BCUT2D eigenvalue weighted by Gasteiger charge is -2.29. The third-order valence-electron chi connectivity index (χ3n) is 4.64. The van der Waals surface area contributed by atoms with E-state index >= 15 is 0 Å². The van der Waals surface area contributed by atoms with Gasteiger partial charge in [-0.2, -0.15) is 0 Å². The molecule has 1 aliphatic heterocycles. The third kappa shape index (κ3) is 3.38. The second-order valence-corrected chi connectivity index (χ2v) is 7.23. The molecule has 0 atom stereocenters. The van der Waals surface area contributed by atoms with E-state index in [-0.39, 0.29) is 5.91 Å². The topological polar surface area (TPSA) is 20.3 Å². The Bertz CT molecular complexity index is 903. The molecule has 25 heavy (non-hydrogen) atoms. The van der Waals surface area contributed by atoms with E-state index < -0.39 is 0 Å². The lowest BCUT2D eigenvalue weighted by molar-refractivity contribution is -0.119. The molecule has 0 saturated carbocycles. The molecule has 0 aliphatic carbocycles. The summed E-state index contributed by atoms with van der Waals surface area (Å²) < 4.78 is 1.06. The summed E-state index contributed by atoms with van der Waals surface area (Å²) in [6.07, 6.45) is 1.39. The molecule has 1 aliphatic rings. The summed E-state index contributed by atoms with van der Waals surface area (Å²) in [7, 11) is 0. The molecule has 3 heteroatoms. The molecule has 0 aromatic heterocycles. The molecule has 3 aromatic carbocycles. The fraction of sp³-hybridized carbons (Fsp3) is 0.136. The number of carbonyl (C=O) groups is 1. The lowest BCUT2D eigenvalue weighted by atomic mass is 9.99. The summed E-state index contributed by atoms with van der Waals surface area (Å²) in [5.74, 6) is 0.196. The first-order valence-corrected chi connectivity index (χ1v) is 9.23. The summed E-state index contributed by atoms with van der Waals surface area (Å²) in [6, 6.07) is 25.0. The average molecular weight is 392 g/mol. The predicted octanol–water partition coefficient (Wildman–Crippen LogP) is 5.60. The predicted molar refractivity (Wildman–Crippen MR) is 106 cm³/mol. The maximum atomic E-state index is 12.4. The fourth-order valence-electron chi connectivity index (χ4n) is 3.32. The Balaban J connectivity index is 1.59. The molecule has 4 rings (SSSR count). The van der Waals surface area contributed by atoms with Crippen molar-refractivity contribution >= 4 is 27.5 Å². The normalized spacial score (nSPS) is 13.6. The van der Waals surface area contributed by atoms with Gasteiger partial charge in [-0.1, -0.05) is 70.5 Å². The van der Waals surface area contributed by atoms with Crippen LogP contribution in [0.3, 0.4) is 0 Å². The molecular formula is C22H18BrNO. The van der Waals surface area contributed by atoms with Crippen molar-refractivity contribution in [2.75, 3.05) is 4.90 Å². The number of hydrogen-bond acceptors (Lipinski definition) is 1. The van der Waals surface area contributed by atoms with E-state index in [4.69, 9.17) is 0 Å². The Morgan fingerprint density at radius 1 is 0.840 bits per heavy atom. The molecule has 0 bridgehead atoms. The number of amides is 1. The second kappa shape index (κ2) is 6.85. The monoisotopic (exact) mass is 391 g/mol. The van der Waals surface area contributed by atoms with Crippen LogP contribution in [-0.4, -0.2) is 5.91 Å². The zero-order valence-electron chi connectivity index (χ0n) is 13.8. The molecule has 0 fully saturated rings. The van der Waals surface area contributed by atoms with Crippen LogP contribution < -0.4 is 4.90 Å². The largest absolute Gasteiger partial charge is 0.308 e. The Morgan fingerprint density at radius 2 is 1.56 bits per heavy atom. The minimum absolute atomic E-state index is 0.196. The first-order chi connectivity index (χ1) is 12.2. The highest BCUT2D eigenvalue weighted by atomic mass is 79.9. The smallest absolute Gasteiger partial charge is 0.227 e. The van der Waals surface area contributed by atoms with Crippen molar-refractivity contribution in [1.29, 1.82) is 0 Å². The lowest BCUT2D eigenvalue weighted by Crippen LogP contribution is -2.34. The van der Waals surface area contributed by atoms with Crippen molar-refractivity contribution in [2.45, 2.75) is 19.4 Å². The number of anilines is 1. The summed E-state index contributed by atoms with van der Waals surface area (Å²) in [4.78, 5) is 14.4. The average Bonchev–Trinajstić information content (AvgIpc) is 2.65. The second-order valence-electron chi connectivity index (χ2n) is 6.32. The van der Waals surface area contributed by atoms with Gasteiger partial charge in [0.15, 0.2) is 0 Å². The highest BCUT2D eigenvalue weighted by Gasteiger charge is 2.24. The molecule has 124 valence electrons. The van der Waals surface area contributed by atoms with Crippen LogP contribution in [0.2, 0.25) is 0 Å². The number of hydrogen-bond donors (Lipinski definition) is 0. The zero-order chi connectivity index (χ0) is 17.2. The van der Waals surface area contributed by atoms with E-state index in [1.165, 1.54) is 16.7 Å². The van der Waals surface area contributed by atoms with E-state index in [0.29, 0.717) is 13.0 Å². The van der Waals surface area contributed by atoms with Gasteiger partial charge in [0.05, 0.1) is 6.54 Å². The van der Waals surface area contributed by atoms with E-state index in [0.717, 1.165) is 22.1 Å². The van der Waals surface area contributed by atoms with Crippen LogP contribution in [0.5, 0.6) is 0 Å². The standard InChI is InChI=1S/C22H18BrNO/c23-20-11-12-21-19(14-20)10-13-22(25)24(21)15-16-6-8-18(9-7-16)17-4-2-1-3-5-17/h1-9,11-12,14H,10,13,15H2. The van der Waals surface area contributed by atoms with Crippen LogP contribution >= 0.6 is 15.9 Å². The van der Waals surface area contributed by atoms with Gasteiger partial charge in [-0.15, -0.1) is 0 Å². The summed E-state index contributed by atoms with van der Waals surface area (Å²) in [5.41, 5.74) is 5.81. The van der Waals surface area contributed by atoms with Crippen LogP contribution in [0.15, 0.2) is 77.3 Å². The number of halogens is 1. The fourth-order valence-corrected chi connectivity index (χ4v) is 3.73. The number of nitrogens with zero attached hydrogens (tertiary/aromatic N) is 1. The highest BCUT2D eigenvalue weighted by Crippen LogP contribution is 2.31. The molecule has 2 nitrogen and oxygen atoms in total. The molecule has 0 unspecified atom stereocenters. The first-order valence-electron chi connectivity index (χ1n) is 8.44. The minimum Gasteiger partial charge on any atom is -0.308 e. The Morgan fingerprint density at radius 3 is 2.32 bits per heavy atom. The van der Waals surface area contributed by atoms with Gasteiger partial charge in [-0.25, -0.2) is 0 Å². The summed E-state index contributed by atoms with van der Waals surface area (Å²) >= 11 is 3.52. The van der Waals surface area contributed by atoms with Gasteiger partial charge in [0.25, 0.3) is 0 Å². The van der Waals surface area contributed by atoms with Crippen molar-refractivity contribution in [1.82, 2.24) is 0 Å². The Hall–Kier alpha value is -2.39. The molecular weight excluding hydrogens is 374 g/mol. The molecule has 1 amide bonds. The zero-order valence-corrected chi connectivity index (χ0v) is 15.4. The van der Waals surface area contributed by atoms with Crippen molar-refractivity contribution in [3.63, 3.8) is 0 Å². The quantitative estimate of drug-likeness (QED) is 0.569. The summed E-state index contributed by atoms with van der Waals surface area (Å²) in [6.45, 7) is 0.614. The van der Waals surface area contributed by atoms with Crippen LogP contribution in [0.25, 0.3) is 11.1 Å². The highest BCUT2D eigenvalue weighted by molar-refractivity contribution is 9.10. The number of aryl methyl sites for hydroxylation is 1. The molecule has 0 N–H and O–H groups in total. The maximum Gasteiger partial charge on any atom is 0.227 e. The van der Waals surface area contributed by atoms with E-state index in [9.17, 15) is 4.79 Å². The Labute approximate surface area is 156 Å². The number of fused-ring (bicyclic) bond motifs is 1. The number of benzene rings is 3. The molecule has 0 spiro atoms. The van der Waals surface area contributed by atoms with Crippen molar-refractivity contribution in [3.05, 3.63) is 88.4 Å². The third-order valence-corrected chi connectivity index (χ3v) is 5.14. The SMILES string of the molecule is O=C1CCc2cc(Br)ccc2N1Cc1ccc(-c2ccccc2)cc1. The maximum absolute atomic E-state index is 12.4. The van der Waals surface area contributed by atoms with Gasteiger partial charge in [-0.05, 0) is 46.9 Å². The van der Waals surface area contributed by atoms with Crippen molar-refractivity contribution in [3.8, 4) is 11.1 Å². The first kappa shape index (κ1) is 16.1. The van der Waals surface area contributed by atoms with Crippen LogP contribution in [0, 0.1) is 0 Å². The van der Waals surface area contributed by atoms with E-state index in [1.54, 1.807) is 0 Å². The van der Waals surface area contributed by atoms with Crippen molar-refractivity contribution < 1.29 is 4.79 Å². The van der Waals surface area contributed by atoms with Crippen LogP contribution in [-0.2, 0) is 17.8 Å². The van der Waals surface area contributed by atoms with E-state index in [1.807, 2.05) is 35.2 Å². The van der Waals surface area contributed by atoms with Gasteiger partial charge >= 0.3 is 0 Å². The number of rotatable bonds is 3. The van der Waals surface area contributed by atoms with Crippen LogP contribution in [0.4, 0.5) is 5.69 Å². The van der Waals surface area contributed by atoms with Gasteiger partial charge < -0.3 is 4.90 Å². The number of carbonyl (C=O) groups excluding carboxylic acids is 1. The minimum atomic E-state index is 0.196. The van der Waals surface area contributed by atoms with Gasteiger partial charge in [-0.3, -0.25) is 4.79 Å². The molecule has 0 saturated heterocycles. The molecule has 0 radical (unpaired) electrons. The van der Waals surface area contributed by atoms with Gasteiger partial charge in [0, 0.05) is 16.6 Å². The summed E-state index contributed by atoms with van der Waals surface area (Å²) in [5, 5.41) is 0. The van der Waals surface area contributed by atoms with Crippen LogP contribution in [0.1, 0.15) is 17.5 Å². The van der Waals surface area contributed by atoms with Gasteiger partial charge in [0.2, 0.25) is 5.91 Å². The van der Waals surface area contributed by atoms with Crippen molar-refractivity contribution in [2.24, 2.45) is 0 Å². The van der Waals surface area contributed by atoms with Gasteiger partial charge in [0.1, 0.15) is 0 Å². The molecule has 3 aromatic rings.